The Bertz CT molecular complexity index is 1560. The average Bonchev–Trinajstić information content (AvgIpc) is 2.94. The molecule has 1 N–H and O–H groups in total. The summed E-state index contributed by atoms with van der Waals surface area (Å²) in [6.45, 7) is 2.58. The maximum Gasteiger partial charge on any atom is 0.263 e. The Labute approximate surface area is 230 Å². The van der Waals surface area contributed by atoms with E-state index in [0.717, 1.165) is 5.56 Å². The second-order valence-electron chi connectivity index (χ2n) is 9.06. The van der Waals surface area contributed by atoms with Gasteiger partial charge in [-0.05, 0) is 49.2 Å². The van der Waals surface area contributed by atoms with Crippen LogP contribution in [-0.2, 0) is 13.0 Å². The lowest BCUT2D eigenvalue weighted by Gasteiger charge is -2.30. The van der Waals surface area contributed by atoms with Gasteiger partial charge in [-0.25, -0.2) is 9.55 Å². The summed E-state index contributed by atoms with van der Waals surface area (Å²) < 4.78 is 7.13. The van der Waals surface area contributed by atoms with Gasteiger partial charge >= 0.3 is 0 Å². The molecule has 0 spiro atoms. The number of hydrogen-bond donors (Lipinski definition) is 1. The lowest BCUT2D eigenvalue weighted by atomic mass is 10.0. The molecule has 3 aromatic carbocycles. The Balaban J connectivity index is 1.57. The van der Waals surface area contributed by atoms with E-state index in [1.807, 2.05) is 61.5 Å². The van der Waals surface area contributed by atoms with Gasteiger partial charge in [-0.1, -0.05) is 65.7 Å². The van der Waals surface area contributed by atoms with Crippen LogP contribution in [-0.4, -0.2) is 34.0 Å². The zero-order valence-electron chi connectivity index (χ0n) is 20.9. The van der Waals surface area contributed by atoms with Crippen LogP contribution < -0.4 is 15.6 Å². The number of benzene rings is 3. The van der Waals surface area contributed by atoms with E-state index in [4.69, 9.17) is 32.9 Å². The molecule has 38 heavy (non-hydrogen) atoms. The number of amides is 1. The number of carbonyl (C=O) groups is 1. The molecule has 1 atom stereocenters. The normalized spacial score (nSPS) is 13.5. The number of aromatic nitrogens is 2. The van der Waals surface area contributed by atoms with E-state index < -0.39 is 0 Å². The highest BCUT2D eigenvalue weighted by Crippen LogP contribution is 2.29. The molecule has 0 radical (unpaired) electrons. The average molecular weight is 549 g/mol. The first-order chi connectivity index (χ1) is 18.4. The second-order valence-corrected chi connectivity index (χ2v) is 9.87. The Morgan fingerprint density at radius 2 is 1.76 bits per heavy atom. The number of hydrogen-bond acceptors (Lipinski definition) is 5. The smallest absolute Gasteiger partial charge is 0.263 e. The summed E-state index contributed by atoms with van der Waals surface area (Å²) in [5.74, 6) is 0.731. The number of carbonyl (C=O) groups excluding carboxylic acids is 1. The molecule has 0 unspecified atom stereocenters. The highest BCUT2D eigenvalue weighted by atomic mass is 35.5. The third-order valence-electron chi connectivity index (χ3n) is 6.66. The molecule has 0 aliphatic carbocycles. The van der Waals surface area contributed by atoms with Crippen LogP contribution in [0.1, 0.15) is 40.1 Å². The van der Waals surface area contributed by atoms with Crippen molar-refractivity contribution in [2.75, 3.05) is 19.0 Å². The number of anilines is 1. The minimum atomic E-state index is -0.197. The number of methoxy groups -OCH3 is 1. The van der Waals surface area contributed by atoms with Crippen molar-refractivity contribution < 1.29 is 9.53 Å². The number of halogens is 2. The molecule has 9 heteroatoms. The number of rotatable bonds is 6. The van der Waals surface area contributed by atoms with Crippen LogP contribution in [0.25, 0.3) is 5.69 Å². The van der Waals surface area contributed by atoms with Crippen molar-refractivity contribution in [2.45, 2.75) is 25.9 Å². The Kier molecular flexibility index (Phi) is 7.40. The van der Waals surface area contributed by atoms with E-state index in [1.165, 1.54) is 0 Å². The molecular weight excluding hydrogens is 523 g/mol. The third kappa shape index (κ3) is 4.99. The maximum atomic E-state index is 13.9. The molecule has 5 rings (SSSR count). The summed E-state index contributed by atoms with van der Waals surface area (Å²) in [6, 6.07) is 21.9. The van der Waals surface area contributed by atoms with E-state index >= 15 is 0 Å². The number of nitrogens with zero attached hydrogens (tertiary/aromatic N) is 3. The van der Waals surface area contributed by atoms with Gasteiger partial charge in [0.1, 0.15) is 5.75 Å². The van der Waals surface area contributed by atoms with E-state index in [9.17, 15) is 9.59 Å². The van der Waals surface area contributed by atoms with E-state index in [0.29, 0.717) is 57.2 Å². The molecule has 1 amide bonds. The summed E-state index contributed by atoms with van der Waals surface area (Å²) in [7, 11) is 1.57. The van der Waals surface area contributed by atoms with Crippen LogP contribution in [0.3, 0.4) is 0 Å². The van der Waals surface area contributed by atoms with Gasteiger partial charge in [0.2, 0.25) is 5.95 Å². The van der Waals surface area contributed by atoms with E-state index in [-0.39, 0.29) is 24.1 Å². The highest BCUT2D eigenvalue weighted by Gasteiger charge is 2.28. The molecule has 1 aliphatic rings. The zero-order chi connectivity index (χ0) is 26.8. The topological polar surface area (TPSA) is 76.5 Å². The summed E-state index contributed by atoms with van der Waals surface area (Å²) >= 11 is 12.2. The molecule has 0 fully saturated rings. The minimum Gasteiger partial charge on any atom is -0.495 e. The van der Waals surface area contributed by atoms with Crippen LogP contribution >= 0.6 is 23.2 Å². The molecule has 0 saturated heterocycles. The van der Waals surface area contributed by atoms with Crippen molar-refractivity contribution in [1.82, 2.24) is 14.5 Å². The fourth-order valence-corrected chi connectivity index (χ4v) is 4.93. The van der Waals surface area contributed by atoms with Gasteiger partial charge in [-0.15, -0.1) is 0 Å². The number of nitrogens with one attached hydrogen (secondary N) is 1. The summed E-state index contributed by atoms with van der Waals surface area (Å²) in [6.07, 6.45) is 0.373. The summed E-state index contributed by atoms with van der Waals surface area (Å²) in [5.41, 5.74) is 3.01. The molecule has 1 aliphatic heterocycles. The highest BCUT2D eigenvalue weighted by molar-refractivity contribution is 6.42. The largest absolute Gasteiger partial charge is 0.495 e. The zero-order valence-corrected chi connectivity index (χ0v) is 22.5. The van der Waals surface area contributed by atoms with Crippen LogP contribution in [0, 0.1) is 0 Å². The van der Waals surface area contributed by atoms with Crippen molar-refractivity contribution in [3.8, 4) is 11.4 Å². The quantitative estimate of drug-likeness (QED) is 0.323. The minimum absolute atomic E-state index is 0.139. The Morgan fingerprint density at radius 3 is 2.50 bits per heavy atom. The maximum absolute atomic E-state index is 13.9. The summed E-state index contributed by atoms with van der Waals surface area (Å²) in [4.78, 5) is 33.8. The fraction of sp³-hybridized carbons (Fsp3) is 0.207. The van der Waals surface area contributed by atoms with Crippen LogP contribution in [0.5, 0.6) is 5.75 Å². The Hall–Kier alpha value is -3.81. The monoisotopic (exact) mass is 548 g/mol. The van der Waals surface area contributed by atoms with E-state index in [1.54, 1.807) is 34.8 Å². The van der Waals surface area contributed by atoms with Crippen molar-refractivity contribution in [3.63, 3.8) is 0 Å². The molecule has 2 heterocycles. The predicted octanol–water partition coefficient (Wildman–Crippen LogP) is 5.92. The second kappa shape index (κ2) is 10.9. The standard InChI is InChI=1S/C29H26Cl2N4O3/c1-18(19-8-4-3-5-9-19)32-29-33-24-17-34(27(36)20-12-13-22(30)23(31)16-20)15-14-21(24)28(37)35(29)25-10-6-7-11-26(25)38-2/h3-13,16,18H,14-15,17H2,1-2H3,(H,32,33)/t18-/m1/s1. The third-order valence-corrected chi connectivity index (χ3v) is 7.40. The van der Waals surface area contributed by atoms with Gasteiger partial charge in [0.15, 0.2) is 0 Å². The number of para-hydroxylation sites is 2. The SMILES string of the molecule is COc1ccccc1-n1c(N[C@H](C)c2ccccc2)nc2c(c1=O)CCN(C(=O)c1ccc(Cl)c(Cl)c1)C2. The molecule has 0 bridgehead atoms. The van der Waals surface area contributed by atoms with Crippen molar-refractivity contribution in [2.24, 2.45) is 0 Å². The van der Waals surface area contributed by atoms with Gasteiger partial charge in [-0.2, -0.15) is 0 Å². The van der Waals surface area contributed by atoms with Gasteiger partial charge < -0.3 is 15.0 Å². The fourth-order valence-electron chi connectivity index (χ4n) is 4.63. The molecule has 7 nitrogen and oxygen atoms in total. The van der Waals surface area contributed by atoms with Crippen molar-refractivity contribution in [1.29, 1.82) is 0 Å². The van der Waals surface area contributed by atoms with Crippen molar-refractivity contribution in [3.05, 3.63) is 116 Å². The predicted molar refractivity (Wildman–Crippen MR) is 150 cm³/mol. The number of ether oxygens (including phenoxy) is 1. The van der Waals surface area contributed by atoms with Crippen molar-refractivity contribution >= 4 is 35.1 Å². The molecular formula is C29H26Cl2N4O3. The van der Waals surface area contributed by atoms with Gasteiger partial charge in [-0.3, -0.25) is 9.59 Å². The molecule has 194 valence electrons. The first kappa shape index (κ1) is 25.8. The lowest BCUT2D eigenvalue weighted by molar-refractivity contribution is 0.0731. The van der Waals surface area contributed by atoms with Crippen LogP contribution in [0.15, 0.2) is 77.6 Å². The first-order valence-corrected chi connectivity index (χ1v) is 13.0. The Morgan fingerprint density at radius 1 is 1.03 bits per heavy atom. The van der Waals surface area contributed by atoms with E-state index in [2.05, 4.69) is 5.32 Å². The van der Waals surface area contributed by atoms with Gasteiger partial charge in [0.05, 0.1) is 41.1 Å². The van der Waals surface area contributed by atoms with Gasteiger partial charge in [0.25, 0.3) is 11.5 Å². The number of fused-ring (bicyclic) bond motifs is 1. The lowest BCUT2D eigenvalue weighted by Crippen LogP contribution is -2.41. The first-order valence-electron chi connectivity index (χ1n) is 12.2. The molecule has 0 saturated carbocycles. The summed E-state index contributed by atoms with van der Waals surface area (Å²) in [5, 5.41) is 4.12. The van der Waals surface area contributed by atoms with Gasteiger partial charge in [0, 0.05) is 17.7 Å². The molecule has 1 aromatic heterocycles. The van der Waals surface area contributed by atoms with Crippen LogP contribution in [0.4, 0.5) is 5.95 Å². The van der Waals surface area contributed by atoms with Crippen LogP contribution in [0.2, 0.25) is 10.0 Å². The molecule has 4 aromatic rings.